The Balaban J connectivity index is 2.04. The quantitative estimate of drug-likeness (QED) is 0.339. The minimum absolute atomic E-state index is 0.0199. The van der Waals surface area contributed by atoms with Gasteiger partial charge in [0.05, 0.1) is 23.6 Å². The van der Waals surface area contributed by atoms with Gasteiger partial charge in [0.1, 0.15) is 11.5 Å². The van der Waals surface area contributed by atoms with Crippen molar-refractivity contribution in [3.05, 3.63) is 71.8 Å². The fourth-order valence-corrected chi connectivity index (χ4v) is 2.54. The van der Waals surface area contributed by atoms with E-state index in [9.17, 15) is 26.7 Å². The third-order valence-corrected chi connectivity index (χ3v) is 4.40. The molecular weight excluding hydrogens is 405 g/mol. The molecule has 1 saturated carbocycles. The van der Waals surface area contributed by atoms with Crippen molar-refractivity contribution < 1.29 is 26.7 Å². The van der Waals surface area contributed by atoms with E-state index in [0.29, 0.717) is 5.70 Å². The third kappa shape index (κ3) is 7.13. The lowest BCUT2D eigenvalue weighted by Crippen LogP contribution is -2.29. The summed E-state index contributed by atoms with van der Waals surface area (Å²) in [7, 11) is 0. The van der Waals surface area contributed by atoms with Gasteiger partial charge in [-0.3, -0.25) is 9.79 Å². The Bertz CT molecular complexity index is 872. The lowest BCUT2D eigenvalue weighted by atomic mass is 9.98. The van der Waals surface area contributed by atoms with E-state index in [1.165, 1.54) is 13.0 Å². The van der Waals surface area contributed by atoms with Gasteiger partial charge in [0.25, 0.3) is 0 Å². The highest BCUT2D eigenvalue weighted by atomic mass is 19.4. The number of hydrogen-bond donors (Lipinski definition) is 2. The monoisotopic (exact) mass is 427 g/mol. The maximum atomic E-state index is 13.8. The predicted molar refractivity (Wildman–Crippen MR) is 105 cm³/mol. The summed E-state index contributed by atoms with van der Waals surface area (Å²) in [5.41, 5.74) is 4.57. The standard InChI is InChI=1S/C21H22F5N3O/c1-13(17(23)4-2-3-11-22)28-20(30)15-7-9-16(10-8-15)29-18(14-5-6-14)12-19(27)21(24,25)26/h2-4,7,9-12,14-15H,5-6,8,27H2,1H3,(H,28,30)/b4-2-,11-3+,17-13-,19-12?,29-18?. The summed E-state index contributed by atoms with van der Waals surface area (Å²) in [5, 5.41) is 2.43. The number of nitrogens with two attached hydrogens (primary N) is 1. The number of alkyl halides is 3. The minimum atomic E-state index is -4.62. The maximum Gasteiger partial charge on any atom is 0.430 e. The minimum Gasteiger partial charge on any atom is -0.395 e. The second-order valence-electron chi connectivity index (χ2n) is 6.88. The SMILES string of the molecule is C\C(NC(=O)C1C=CC(N=C(C=C(N)C(F)(F)F)C2CC2)=CC1)=C(F)/C=C\C=C\F. The van der Waals surface area contributed by atoms with E-state index in [1.54, 1.807) is 12.2 Å². The fraction of sp³-hybridized carbons (Fsp3) is 0.333. The van der Waals surface area contributed by atoms with Crippen LogP contribution in [-0.2, 0) is 4.79 Å². The first kappa shape index (κ1) is 23.3. The van der Waals surface area contributed by atoms with Crippen molar-refractivity contribution >= 4 is 11.6 Å². The number of carbonyl (C=O) groups excluding carboxylic acids is 1. The summed E-state index contributed by atoms with van der Waals surface area (Å²) in [6.45, 7) is 1.37. The van der Waals surface area contributed by atoms with Crippen molar-refractivity contribution in [3.8, 4) is 0 Å². The molecule has 0 radical (unpaired) electrons. The highest BCUT2D eigenvalue weighted by Gasteiger charge is 2.34. The molecule has 9 heteroatoms. The summed E-state index contributed by atoms with van der Waals surface area (Å²) in [6, 6.07) is 0. The Morgan fingerprint density at radius 3 is 2.53 bits per heavy atom. The van der Waals surface area contributed by atoms with Crippen LogP contribution in [0.1, 0.15) is 26.2 Å². The topological polar surface area (TPSA) is 67.5 Å². The smallest absolute Gasteiger partial charge is 0.395 e. The van der Waals surface area contributed by atoms with Crippen LogP contribution in [0.15, 0.2) is 76.8 Å². The van der Waals surface area contributed by atoms with Gasteiger partial charge in [-0.15, -0.1) is 0 Å². The van der Waals surface area contributed by atoms with Gasteiger partial charge in [-0.05, 0) is 50.5 Å². The van der Waals surface area contributed by atoms with Crippen molar-refractivity contribution in [1.82, 2.24) is 5.32 Å². The molecule has 0 spiro atoms. The molecule has 1 atom stereocenters. The average Bonchev–Trinajstić information content (AvgIpc) is 3.52. The van der Waals surface area contributed by atoms with Gasteiger partial charge in [0.2, 0.25) is 5.91 Å². The van der Waals surface area contributed by atoms with Gasteiger partial charge in [0.15, 0.2) is 0 Å². The fourth-order valence-electron chi connectivity index (χ4n) is 2.54. The summed E-state index contributed by atoms with van der Waals surface area (Å²) >= 11 is 0. The van der Waals surface area contributed by atoms with Crippen LogP contribution in [-0.4, -0.2) is 17.8 Å². The van der Waals surface area contributed by atoms with Gasteiger partial charge in [-0.25, -0.2) is 8.78 Å². The highest BCUT2D eigenvalue weighted by Crippen LogP contribution is 2.34. The van der Waals surface area contributed by atoms with Crippen molar-refractivity contribution in [2.45, 2.75) is 32.4 Å². The largest absolute Gasteiger partial charge is 0.430 e. The molecule has 0 aromatic heterocycles. The van der Waals surface area contributed by atoms with E-state index < -0.39 is 29.5 Å². The van der Waals surface area contributed by atoms with Crippen LogP contribution < -0.4 is 11.1 Å². The van der Waals surface area contributed by atoms with Gasteiger partial charge < -0.3 is 11.1 Å². The first-order valence-electron chi connectivity index (χ1n) is 9.23. The molecule has 1 fully saturated rings. The lowest BCUT2D eigenvalue weighted by Gasteiger charge is -2.15. The zero-order valence-electron chi connectivity index (χ0n) is 16.2. The molecule has 4 nitrogen and oxygen atoms in total. The van der Waals surface area contributed by atoms with E-state index in [4.69, 9.17) is 5.73 Å². The van der Waals surface area contributed by atoms with Crippen molar-refractivity contribution in [2.24, 2.45) is 22.6 Å². The van der Waals surface area contributed by atoms with Gasteiger partial charge in [-0.1, -0.05) is 18.2 Å². The first-order chi connectivity index (χ1) is 14.1. The Labute approximate surface area is 171 Å². The van der Waals surface area contributed by atoms with E-state index in [-0.39, 0.29) is 30.1 Å². The van der Waals surface area contributed by atoms with E-state index in [2.05, 4.69) is 10.3 Å². The van der Waals surface area contributed by atoms with Crippen molar-refractivity contribution in [2.75, 3.05) is 0 Å². The lowest BCUT2D eigenvalue weighted by molar-refractivity contribution is -0.122. The Hall–Kier alpha value is -2.97. The second-order valence-corrected chi connectivity index (χ2v) is 6.88. The zero-order valence-corrected chi connectivity index (χ0v) is 16.2. The Morgan fingerprint density at radius 1 is 1.30 bits per heavy atom. The molecule has 0 bridgehead atoms. The average molecular weight is 427 g/mol. The third-order valence-electron chi connectivity index (χ3n) is 4.40. The van der Waals surface area contributed by atoms with Gasteiger partial charge >= 0.3 is 6.18 Å². The predicted octanol–water partition coefficient (Wildman–Crippen LogP) is 5.06. The number of amides is 1. The van der Waals surface area contributed by atoms with Gasteiger partial charge in [-0.2, -0.15) is 13.2 Å². The van der Waals surface area contributed by atoms with E-state index in [1.807, 2.05) is 0 Å². The molecule has 162 valence electrons. The number of rotatable bonds is 7. The van der Waals surface area contributed by atoms with Crippen LogP contribution in [0.5, 0.6) is 0 Å². The van der Waals surface area contributed by atoms with Crippen LogP contribution in [0, 0.1) is 11.8 Å². The molecule has 1 amide bonds. The molecule has 2 aliphatic rings. The zero-order chi connectivity index (χ0) is 22.3. The second kappa shape index (κ2) is 10.2. The molecule has 1 unspecified atom stereocenters. The Kier molecular flexibility index (Phi) is 7.91. The number of nitrogens with one attached hydrogen (secondary N) is 1. The highest BCUT2D eigenvalue weighted by molar-refractivity contribution is 5.99. The van der Waals surface area contributed by atoms with E-state index in [0.717, 1.165) is 37.1 Å². The molecule has 2 rings (SSSR count). The number of allylic oxidation sites excluding steroid dienone is 9. The normalized spacial score (nSPS) is 21.8. The molecule has 0 saturated heterocycles. The molecule has 0 aromatic carbocycles. The van der Waals surface area contributed by atoms with Gasteiger partial charge in [0, 0.05) is 11.6 Å². The summed E-state index contributed by atoms with van der Waals surface area (Å²) in [5.74, 6) is -1.81. The van der Waals surface area contributed by atoms with Crippen molar-refractivity contribution in [1.29, 1.82) is 0 Å². The van der Waals surface area contributed by atoms with Crippen molar-refractivity contribution in [3.63, 3.8) is 0 Å². The number of nitrogens with zero attached hydrogens (tertiary/aromatic N) is 1. The molecule has 3 N–H and O–H groups in total. The molecular formula is C21H22F5N3O. The first-order valence-corrected chi connectivity index (χ1v) is 9.23. The molecule has 0 aromatic rings. The molecule has 0 aliphatic heterocycles. The summed E-state index contributed by atoms with van der Waals surface area (Å²) in [6.07, 6.45) is 6.12. The van der Waals surface area contributed by atoms with E-state index >= 15 is 0 Å². The van der Waals surface area contributed by atoms with Crippen LogP contribution in [0.4, 0.5) is 22.0 Å². The van der Waals surface area contributed by atoms with Crippen LogP contribution >= 0.6 is 0 Å². The Morgan fingerprint density at radius 2 is 2.00 bits per heavy atom. The summed E-state index contributed by atoms with van der Waals surface area (Å²) < 4.78 is 63.7. The maximum absolute atomic E-state index is 13.8. The number of aliphatic imine (C=N–C) groups is 1. The molecule has 2 aliphatic carbocycles. The number of carbonyl (C=O) groups is 1. The molecule has 0 heterocycles. The summed E-state index contributed by atoms with van der Waals surface area (Å²) in [4.78, 5) is 16.5. The number of hydrogen-bond acceptors (Lipinski definition) is 3. The molecule has 30 heavy (non-hydrogen) atoms. The van der Waals surface area contributed by atoms with Crippen LogP contribution in [0.25, 0.3) is 0 Å². The number of halogens is 5. The van der Waals surface area contributed by atoms with Crippen LogP contribution in [0.2, 0.25) is 0 Å². The van der Waals surface area contributed by atoms with Crippen LogP contribution in [0.3, 0.4) is 0 Å².